The third-order valence-electron chi connectivity index (χ3n) is 3.89. The summed E-state index contributed by atoms with van der Waals surface area (Å²) in [6, 6.07) is 10.4. The fourth-order valence-electron chi connectivity index (χ4n) is 2.57. The number of oxazole rings is 1. The summed E-state index contributed by atoms with van der Waals surface area (Å²) in [5.41, 5.74) is 1.83. The second-order valence-corrected chi connectivity index (χ2v) is 6.63. The van der Waals surface area contributed by atoms with Crippen molar-refractivity contribution in [3.8, 4) is 22.3 Å². The molecule has 0 spiro atoms. The van der Waals surface area contributed by atoms with Gasteiger partial charge >= 0.3 is 0 Å². The second kappa shape index (κ2) is 7.08. The molecule has 0 radical (unpaired) electrons. The number of amides is 1. The first-order valence-electron chi connectivity index (χ1n) is 8.02. The van der Waals surface area contributed by atoms with Crippen LogP contribution in [-0.4, -0.2) is 30.1 Å². The van der Waals surface area contributed by atoms with Gasteiger partial charge in [-0.15, -0.1) is 11.3 Å². The van der Waals surface area contributed by atoms with Gasteiger partial charge in [0.2, 0.25) is 5.89 Å². The van der Waals surface area contributed by atoms with Crippen LogP contribution in [0, 0.1) is 0 Å². The number of nitrogens with one attached hydrogen (secondary N) is 1. The van der Waals surface area contributed by atoms with Crippen LogP contribution in [0.2, 0.25) is 0 Å². The molecule has 0 aliphatic rings. The van der Waals surface area contributed by atoms with Crippen molar-refractivity contribution in [1.29, 1.82) is 0 Å². The Bertz CT molecular complexity index is 1090. The lowest BCUT2D eigenvalue weighted by atomic mass is 10.2. The first kappa shape index (κ1) is 17.0. The number of thiophene rings is 1. The third kappa shape index (κ3) is 3.34. The average molecular weight is 381 g/mol. The lowest BCUT2D eigenvalue weighted by Crippen LogP contribution is -2.11. The molecule has 1 N–H and O–H groups in total. The van der Waals surface area contributed by atoms with Gasteiger partial charge in [0, 0.05) is 17.8 Å². The molecule has 0 bridgehead atoms. The number of aromatic nitrogens is 2. The molecule has 0 saturated heterocycles. The van der Waals surface area contributed by atoms with Gasteiger partial charge in [0.05, 0.1) is 30.3 Å². The zero-order valence-corrected chi connectivity index (χ0v) is 15.4. The maximum absolute atomic E-state index is 12.5. The number of fused-ring (bicyclic) bond motifs is 1. The summed E-state index contributed by atoms with van der Waals surface area (Å²) in [5, 5.41) is 3.56. The smallest absolute Gasteiger partial charge is 0.256 e. The van der Waals surface area contributed by atoms with Gasteiger partial charge in [-0.05, 0) is 30.3 Å². The van der Waals surface area contributed by atoms with E-state index in [0.29, 0.717) is 39.1 Å². The van der Waals surface area contributed by atoms with Gasteiger partial charge in [0.15, 0.2) is 17.1 Å². The first-order chi connectivity index (χ1) is 13.2. The highest BCUT2D eigenvalue weighted by atomic mass is 32.1. The van der Waals surface area contributed by atoms with E-state index in [0.717, 1.165) is 4.88 Å². The number of anilines is 1. The van der Waals surface area contributed by atoms with Crippen LogP contribution in [0.15, 0.2) is 53.2 Å². The summed E-state index contributed by atoms with van der Waals surface area (Å²) in [5.74, 6) is 1.32. The Labute approximate surface area is 158 Å². The number of nitrogens with zero attached hydrogens (tertiary/aromatic N) is 2. The Hall–Kier alpha value is -3.39. The van der Waals surface area contributed by atoms with Crippen LogP contribution >= 0.6 is 11.3 Å². The van der Waals surface area contributed by atoms with Crippen LogP contribution < -0.4 is 14.8 Å². The van der Waals surface area contributed by atoms with E-state index in [1.54, 1.807) is 43.8 Å². The highest BCUT2D eigenvalue weighted by Gasteiger charge is 2.14. The Morgan fingerprint density at radius 3 is 2.74 bits per heavy atom. The highest BCUT2D eigenvalue weighted by molar-refractivity contribution is 7.19. The standard InChI is InChI=1S/C19H15N3O4S/c1-24-14-4-3-11(9-15(14)25-2)18(23)22-17-6-5-16(27-17)19-21-12-10-20-8-7-13(12)26-19/h3-10H,1-2H3,(H,22,23). The van der Waals surface area contributed by atoms with Gasteiger partial charge < -0.3 is 19.2 Å². The van der Waals surface area contributed by atoms with Gasteiger partial charge in [-0.25, -0.2) is 4.98 Å². The van der Waals surface area contributed by atoms with Crippen molar-refractivity contribution in [3.05, 3.63) is 54.4 Å². The highest BCUT2D eigenvalue weighted by Crippen LogP contribution is 2.33. The van der Waals surface area contributed by atoms with Gasteiger partial charge in [0.1, 0.15) is 5.52 Å². The van der Waals surface area contributed by atoms with Crippen LogP contribution in [0.4, 0.5) is 5.00 Å². The molecule has 0 unspecified atom stereocenters. The fourth-order valence-corrected chi connectivity index (χ4v) is 3.39. The van der Waals surface area contributed by atoms with Crippen LogP contribution in [0.5, 0.6) is 11.5 Å². The van der Waals surface area contributed by atoms with E-state index in [9.17, 15) is 4.79 Å². The lowest BCUT2D eigenvalue weighted by Gasteiger charge is -2.09. The van der Waals surface area contributed by atoms with E-state index in [1.165, 1.54) is 18.4 Å². The van der Waals surface area contributed by atoms with Crippen LogP contribution in [0.1, 0.15) is 10.4 Å². The summed E-state index contributed by atoms with van der Waals surface area (Å²) < 4.78 is 16.2. The quantitative estimate of drug-likeness (QED) is 0.557. The van der Waals surface area contributed by atoms with E-state index in [2.05, 4.69) is 15.3 Å². The molecular formula is C19H15N3O4S. The second-order valence-electron chi connectivity index (χ2n) is 5.55. The van der Waals surface area contributed by atoms with Crippen LogP contribution in [-0.2, 0) is 0 Å². The SMILES string of the molecule is COc1ccc(C(=O)Nc2ccc(-c3nc4cnccc4o3)s2)cc1OC. The van der Waals surface area contributed by atoms with Crippen molar-refractivity contribution in [2.24, 2.45) is 0 Å². The minimum atomic E-state index is -0.244. The molecule has 3 aromatic heterocycles. The molecule has 0 atom stereocenters. The molecule has 4 aromatic rings. The fraction of sp³-hybridized carbons (Fsp3) is 0.105. The van der Waals surface area contributed by atoms with Gasteiger partial charge in [-0.2, -0.15) is 0 Å². The summed E-state index contributed by atoms with van der Waals surface area (Å²) in [7, 11) is 3.08. The Kier molecular flexibility index (Phi) is 4.47. The van der Waals surface area contributed by atoms with E-state index < -0.39 is 0 Å². The van der Waals surface area contributed by atoms with E-state index >= 15 is 0 Å². The van der Waals surface area contributed by atoms with Gasteiger partial charge in [0.25, 0.3) is 5.91 Å². The lowest BCUT2D eigenvalue weighted by molar-refractivity contribution is 0.102. The van der Waals surface area contributed by atoms with E-state index in [-0.39, 0.29) is 5.91 Å². The zero-order chi connectivity index (χ0) is 18.8. The summed E-state index contributed by atoms with van der Waals surface area (Å²) in [4.78, 5) is 21.8. The van der Waals surface area contributed by atoms with Crippen LogP contribution in [0.25, 0.3) is 21.9 Å². The summed E-state index contributed by atoms with van der Waals surface area (Å²) in [6.07, 6.45) is 3.30. The van der Waals surface area contributed by atoms with Crippen molar-refractivity contribution in [1.82, 2.24) is 9.97 Å². The summed E-state index contributed by atoms with van der Waals surface area (Å²) in [6.45, 7) is 0. The van der Waals surface area contributed by atoms with E-state index in [1.807, 2.05) is 12.1 Å². The molecule has 4 rings (SSSR count). The maximum Gasteiger partial charge on any atom is 0.256 e. The molecule has 0 aliphatic carbocycles. The normalized spacial score (nSPS) is 10.7. The monoisotopic (exact) mass is 381 g/mol. The number of hydrogen-bond acceptors (Lipinski definition) is 7. The molecule has 0 saturated carbocycles. The molecule has 8 heteroatoms. The molecule has 1 amide bonds. The number of methoxy groups -OCH3 is 2. The van der Waals surface area contributed by atoms with Gasteiger partial charge in [-0.3, -0.25) is 9.78 Å². The number of carbonyl (C=O) groups is 1. The van der Waals surface area contributed by atoms with Crippen molar-refractivity contribution >= 4 is 33.3 Å². The van der Waals surface area contributed by atoms with Crippen LogP contribution in [0.3, 0.4) is 0 Å². The summed E-state index contributed by atoms with van der Waals surface area (Å²) >= 11 is 1.38. The third-order valence-corrected chi connectivity index (χ3v) is 4.88. The van der Waals surface area contributed by atoms with E-state index in [4.69, 9.17) is 13.9 Å². The molecule has 1 aromatic carbocycles. The minimum Gasteiger partial charge on any atom is -0.493 e. The molecule has 0 aliphatic heterocycles. The van der Waals surface area contributed by atoms with Gasteiger partial charge in [-0.1, -0.05) is 0 Å². The Balaban J connectivity index is 1.54. The largest absolute Gasteiger partial charge is 0.493 e. The van der Waals surface area contributed by atoms with Crippen molar-refractivity contribution in [3.63, 3.8) is 0 Å². The topological polar surface area (TPSA) is 86.5 Å². The Morgan fingerprint density at radius 1 is 1.11 bits per heavy atom. The number of pyridine rings is 1. The molecular weight excluding hydrogens is 366 g/mol. The average Bonchev–Trinajstić information content (AvgIpc) is 3.33. The molecule has 0 fully saturated rings. The Morgan fingerprint density at radius 2 is 1.96 bits per heavy atom. The molecule has 7 nitrogen and oxygen atoms in total. The number of rotatable bonds is 5. The first-order valence-corrected chi connectivity index (χ1v) is 8.83. The molecule has 3 heterocycles. The van der Waals surface area contributed by atoms with Crippen molar-refractivity contribution < 1.29 is 18.7 Å². The predicted molar refractivity (Wildman–Crippen MR) is 103 cm³/mol. The van der Waals surface area contributed by atoms with Crippen molar-refractivity contribution in [2.45, 2.75) is 0 Å². The number of hydrogen-bond donors (Lipinski definition) is 1. The van der Waals surface area contributed by atoms with Crippen molar-refractivity contribution in [2.75, 3.05) is 19.5 Å². The predicted octanol–water partition coefficient (Wildman–Crippen LogP) is 4.22. The number of benzene rings is 1. The number of ether oxygens (including phenoxy) is 2. The molecule has 136 valence electrons. The zero-order valence-electron chi connectivity index (χ0n) is 14.6. The molecule has 27 heavy (non-hydrogen) atoms. The maximum atomic E-state index is 12.5. The minimum absolute atomic E-state index is 0.244. The number of carbonyl (C=O) groups excluding carboxylic acids is 1.